The number of aryl methyl sites for hydroxylation is 2. The van der Waals surface area contributed by atoms with Gasteiger partial charge in [-0.25, -0.2) is 0 Å². The van der Waals surface area contributed by atoms with Crippen LogP contribution in [0.2, 0.25) is 0 Å². The van der Waals surface area contributed by atoms with Gasteiger partial charge in [0.25, 0.3) is 0 Å². The molecule has 0 heterocycles. The Morgan fingerprint density at radius 1 is 1.29 bits per heavy atom. The molecule has 3 heteroatoms. The van der Waals surface area contributed by atoms with E-state index in [9.17, 15) is 4.79 Å². The van der Waals surface area contributed by atoms with Crippen LogP contribution in [0.3, 0.4) is 0 Å². The van der Waals surface area contributed by atoms with Crippen molar-refractivity contribution >= 4 is 17.7 Å². The summed E-state index contributed by atoms with van der Waals surface area (Å²) in [6.45, 7) is 7.01. The molecule has 0 aromatic heterocycles. The molecule has 0 bridgehead atoms. The first kappa shape index (κ1) is 14.1. The predicted molar refractivity (Wildman–Crippen MR) is 74.6 cm³/mol. The Morgan fingerprint density at radius 2 is 2.00 bits per heavy atom. The molecule has 0 N–H and O–H groups in total. The van der Waals surface area contributed by atoms with Crippen molar-refractivity contribution in [2.45, 2.75) is 32.1 Å². The van der Waals surface area contributed by atoms with Crippen LogP contribution in [0, 0.1) is 13.8 Å². The van der Waals surface area contributed by atoms with E-state index in [1.54, 1.807) is 16.7 Å². The summed E-state index contributed by atoms with van der Waals surface area (Å²) in [6.07, 6.45) is 0.613. The third-order valence-corrected chi connectivity index (χ3v) is 3.96. The molecule has 0 radical (unpaired) electrons. The van der Waals surface area contributed by atoms with E-state index in [0.29, 0.717) is 6.42 Å². The summed E-state index contributed by atoms with van der Waals surface area (Å²) in [5, 5.41) is 0. The zero-order valence-corrected chi connectivity index (χ0v) is 11.9. The average Bonchev–Trinajstić information content (AvgIpc) is 2.32. The molecule has 0 spiro atoms. The second-order valence-electron chi connectivity index (χ2n) is 4.25. The Morgan fingerprint density at radius 3 is 2.59 bits per heavy atom. The summed E-state index contributed by atoms with van der Waals surface area (Å²) < 4.78 is 0. The monoisotopic (exact) mass is 251 g/mol. The van der Waals surface area contributed by atoms with Crippen LogP contribution in [-0.4, -0.2) is 30.2 Å². The zero-order chi connectivity index (χ0) is 12.8. The fourth-order valence-corrected chi connectivity index (χ4v) is 2.36. The molecule has 17 heavy (non-hydrogen) atoms. The van der Waals surface area contributed by atoms with Crippen LogP contribution in [0.4, 0.5) is 0 Å². The van der Waals surface area contributed by atoms with Gasteiger partial charge < -0.3 is 4.90 Å². The van der Waals surface area contributed by atoms with Crippen molar-refractivity contribution in [1.29, 1.82) is 0 Å². The second-order valence-corrected chi connectivity index (χ2v) is 5.42. The summed E-state index contributed by atoms with van der Waals surface area (Å²) >= 11 is 1.75. The zero-order valence-electron chi connectivity index (χ0n) is 11.1. The maximum Gasteiger partial charge on any atom is 0.223 e. The van der Waals surface area contributed by atoms with Crippen molar-refractivity contribution < 1.29 is 4.79 Å². The van der Waals surface area contributed by atoms with Crippen LogP contribution >= 0.6 is 11.8 Å². The molecule has 0 atom stereocenters. The SMILES string of the molecule is CCN(C)C(=O)CCSc1ccc(C)c(C)c1. The van der Waals surface area contributed by atoms with E-state index in [0.717, 1.165) is 12.3 Å². The van der Waals surface area contributed by atoms with Crippen LogP contribution in [-0.2, 0) is 4.79 Å². The predicted octanol–water partition coefficient (Wildman–Crippen LogP) is 3.26. The van der Waals surface area contributed by atoms with Crippen LogP contribution < -0.4 is 0 Å². The maximum atomic E-state index is 11.6. The summed E-state index contributed by atoms with van der Waals surface area (Å²) in [6, 6.07) is 6.45. The number of amides is 1. The minimum absolute atomic E-state index is 0.226. The van der Waals surface area contributed by atoms with E-state index < -0.39 is 0 Å². The topological polar surface area (TPSA) is 20.3 Å². The highest BCUT2D eigenvalue weighted by atomic mass is 32.2. The molecule has 1 rings (SSSR count). The van der Waals surface area contributed by atoms with Crippen molar-refractivity contribution in [3.8, 4) is 0 Å². The first-order valence-corrected chi connectivity index (χ1v) is 6.97. The Bertz CT molecular complexity index is 390. The smallest absolute Gasteiger partial charge is 0.223 e. The lowest BCUT2D eigenvalue weighted by molar-refractivity contribution is -0.129. The van der Waals surface area contributed by atoms with Gasteiger partial charge in [0, 0.05) is 30.7 Å². The Hall–Kier alpha value is -0.960. The largest absolute Gasteiger partial charge is 0.346 e. The van der Waals surface area contributed by atoms with Gasteiger partial charge in [-0.1, -0.05) is 6.07 Å². The highest BCUT2D eigenvalue weighted by Crippen LogP contribution is 2.21. The van der Waals surface area contributed by atoms with Gasteiger partial charge in [0.1, 0.15) is 0 Å². The van der Waals surface area contributed by atoms with Gasteiger partial charge in [0.15, 0.2) is 0 Å². The molecule has 0 saturated carbocycles. The quantitative estimate of drug-likeness (QED) is 0.749. The Labute approximate surface area is 108 Å². The second kappa shape index (κ2) is 6.70. The highest BCUT2D eigenvalue weighted by Gasteiger charge is 2.06. The minimum atomic E-state index is 0.226. The fraction of sp³-hybridized carbons (Fsp3) is 0.500. The number of thioether (sulfide) groups is 1. The van der Waals surface area contributed by atoms with Crippen LogP contribution in [0.1, 0.15) is 24.5 Å². The van der Waals surface area contributed by atoms with E-state index in [1.165, 1.54) is 16.0 Å². The Balaban J connectivity index is 2.41. The fourth-order valence-electron chi connectivity index (χ4n) is 1.43. The number of carbonyl (C=O) groups excluding carboxylic acids is 1. The van der Waals surface area contributed by atoms with E-state index in [2.05, 4.69) is 32.0 Å². The van der Waals surface area contributed by atoms with Gasteiger partial charge in [-0.15, -0.1) is 11.8 Å². The molecule has 0 aliphatic heterocycles. The number of benzene rings is 1. The van der Waals surface area contributed by atoms with Crippen molar-refractivity contribution in [2.24, 2.45) is 0 Å². The normalized spacial score (nSPS) is 10.4. The van der Waals surface area contributed by atoms with Crippen molar-refractivity contribution in [3.63, 3.8) is 0 Å². The summed E-state index contributed by atoms with van der Waals surface area (Å²) in [4.78, 5) is 14.6. The van der Waals surface area contributed by atoms with Crippen molar-refractivity contribution in [3.05, 3.63) is 29.3 Å². The molecule has 0 unspecified atom stereocenters. The molecular formula is C14H21NOS. The number of carbonyl (C=O) groups is 1. The summed E-state index contributed by atoms with van der Waals surface area (Å²) in [7, 11) is 1.85. The van der Waals surface area contributed by atoms with E-state index >= 15 is 0 Å². The lowest BCUT2D eigenvalue weighted by Crippen LogP contribution is -2.26. The molecule has 1 amide bonds. The maximum absolute atomic E-state index is 11.6. The molecule has 0 saturated heterocycles. The molecule has 1 aromatic carbocycles. The molecular weight excluding hydrogens is 230 g/mol. The van der Waals surface area contributed by atoms with Gasteiger partial charge in [-0.2, -0.15) is 0 Å². The molecule has 1 aromatic rings. The first-order valence-electron chi connectivity index (χ1n) is 5.98. The van der Waals surface area contributed by atoms with Gasteiger partial charge >= 0.3 is 0 Å². The number of nitrogens with zero attached hydrogens (tertiary/aromatic N) is 1. The molecule has 0 fully saturated rings. The number of hydrogen-bond acceptors (Lipinski definition) is 2. The third kappa shape index (κ3) is 4.43. The molecule has 0 aliphatic carbocycles. The van der Waals surface area contributed by atoms with Crippen molar-refractivity contribution in [2.75, 3.05) is 19.3 Å². The molecule has 2 nitrogen and oxygen atoms in total. The first-order chi connectivity index (χ1) is 8.04. The summed E-state index contributed by atoms with van der Waals surface area (Å²) in [5.74, 6) is 1.08. The molecule has 94 valence electrons. The minimum Gasteiger partial charge on any atom is -0.346 e. The third-order valence-electron chi connectivity index (χ3n) is 2.96. The lowest BCUT2D eigenvalue weighted by Gasteiger charge is -2.14. The van der Waals surface area contributed by atoms with E-state index in [1.807, 2.05) is 14.0 Å². The Kier molecular flexibility index (Phi) is 5.56. The highest BCUT2D eigenvalue weighted by molar-refractivity contribution is 7.99. The average molecular weight is 251 g/mol. The van der Waals surface area contributed by atoms with E-state index in [4.69, 9.17) is 0 Å². The molecule has 0 aliphatic rings. The number of rotatable bonds is 5. The van der Waals surface area contributed by atoms with Crippen LogP contribution in [0.25, 0.3) is 0 Å². The summed E-state index contributed by atoms with van der Waals surface area (Å²) in [5.41, 5.74) is 2.63. The van der Waals surface area contributed by atoms with Crippen LogP contribution in [0.15, 0.2) is 23.1 Å². The van der Waals surface area contributed by atoms with Gasteiger partial charge in [0.2, 0.25) is 5.91 Å². The van der Waals surface area contributed by atoms with Gasteiger partial charge in [0.05, 0.1) is 0 Å². The van der Waals surface area contributed by atoms with E-state index in [-0.39, 0.29) is 5.91 Å². The number of hydrogen-bond donors (Lipinski definition) is 0. The van der Waals surface area contributed by atoms with Crippen molar-refractivity contribution in [1.82, 2.24) is 4.90 Å². The van der Waals surface area contributed by atoms with Gasteiger partial charge in [-0.3, -0.25) is 4.79 Å². The lowest BCUT2D eigenvalue weighted by atomic mass is 10.1. The van der Waals surface area contributed by atoms with Crippen LogP contribution in [0.5, 0.6) is 0 Å². The van der Waals surface area contributed by atoms with Gasteiger partial charge in [-0.05, 0) is 44.0 Å². The standard InChI is InChI=1S/C14H21NOS/c1-5-15(4)14(16)8-9-17-13-7-6-11(2)12(3)10-13/h6-7,10H,5,8-9H2,1-4H3.